The molecule has 5 rings (SSSR count). The molecule has 3 saturated carbocycles. The third-order valence-corrected chi connectivity index (χ3v) is 10.2. The monoisotopic (exact) mass is 443 g/mol. The predicted octanol–water partition coefficient (Wildman–Crippen LogP) is 4.89. The molecule has 1 heterocycles. The lowest BCUT2D eigenvalue weighted by molar-refractivity contribution is -0.160. The minimum absolute atomic E-state index is 0.0296. The van der Waals surface area contributed by atoms with Gasteiger partial charge < -0.3 is 9.47 Å². The molecule has 4 aliphatic carbocycles. The summed E-state index contributed by atoms with van der Waals surface area (Å²) in [5.74, 6) is 1.69. The Labute approximate surface area is 193 Å². The summed E-state index contributed by atoms with van der Waals surface area (Å²) in [7, 11) is 0. The van der Waals surface area contributed by atoms with Gasteiger partial charge in [0, 0.05) is 31.7 Å². The number of hydrogen-bond donors (Lipinski definition) is 0. The predicted molar refractivity (Wildman–Crippen MR) is 123 cm³/mol. The van der Waals surface area contributed by atoms with Crippen molar-refractivity contribution >= 4 is 11.9 Å². The number of carbonyl (C=O) groups is 2. The standard InChI is InChI=1S/C27H41NO4/c1-17(29)31-20-9-11-26(3)19(15-20)7-8-21-22(26)10-12-27(4)23(21)16-24(25(27)32-18(2)30)28-13-5-6-14-28/h7,20-25H,5-6,8-16H2,1-4H3/t20-,21+,22-,23-,24-,25-,26-,27-/m0/s1. The van der Waals surface area contributed by atoms with Crippen LogP contribution >= 0.6 is 0 Å². The van der Waals surface area contributed by atoms with Gasteiger partial charge in [0.05, 0.1) is 0 Å². The Kier molecular flexibility index (Phi) is 5.71. The number of allylic oxidation sites excluding steroid dienone is 1. The largest absolute Gasteiger partial charge is 0.462 e. The molecule has 0 aromatic heterocycles. The first-order valence-electron chi connectivity index (χ1n) is 13.0. The van der Waals surface area contributed by atoms with Gasteiger partial charge in [0.25, 0.3) is 0 Å². The van der Waals surface area contributed by atoms with Gasteiger partial charge in [-0.15, -0.1) is 0 Å². The number of esters is 2. The molecule has 0 spiro atoms. The summed E-state index contributed by atoms with van der Waals surface area (Å²) in [6.45, 7) is 10.3. The Bertz CT molecular complexity index is 801. The molecule has 178 valence electrons. The maximum Gasteiger partial charge on any atom is 0.302 e. The van der Waals surface area contributed by atoms with Gasteiger partial charge >= 0.3 is 11.9 Å². The Morgan fingerprint density at radius 3 is 2.41 bits per heavy atom. The second-order valence-corrected chi connectivity index (χ2v) is 11.9. The van der Waals surface area contributed by atoms with Gasteiger partial charge in [-0.1, -0.05) is 25.5 Å². The molecular formula is C27H41NO4. The third kappa shape index (κ3) is 3.54. The Balaban J connectivity index is 1.42. The quantitative estimate of drug-likeness (QED) is 0.459. The molecule has 4 fully saturated rings. The van der Waals surface area contributed by atoms with E-state index < -0.39 is 0 Å². The molecule has 0 N–H and O–H groups in total. The normalized spacial score (nSPS) is 45.9. The van der Waals surface area contributed by atoms with Crippen LogP contribution in [-0.4, -0.2) is 48.2 Å². The molecule has 0 aromatic rings. The van der Waals surface area contributed by atoms with Gasteiger partial charge in [-0.05, 0) is 87.6 Å². The number of carbonyl (C=O) groups excluding carboxylic acids is 2. The number of likely N-dealkylation sites (tertiary alicyclic amines) is 1. The first-order valence-corrected chi connectivity index (χ1v) is 13.0. The molecule has 1 aliphatic heterocycles. The van der Waals surface area contributed by atoms with E-state index in [1.807, 2.05) is 0 Å². The summed E-state index contributed by atoms with van der Waals surface area (Å²) in [6.07, 6.45) is 12.8. The average molecular weight is 444 g/mol. The van der Waals surface area contributed by atoms with E-state index in [1.165, 1.54) is 38.2 Å². The van der Waals surface area contributed by atoms with Crippen molar-refractivity contribution in [3.8, 4) is 0 Å². The van der Waals surface area contributed by atoms with Gasteiger partial charge in [0.1, 0.15) is 12.2 Å². The lowest BCUT2D eigenvalue weighted by Gasteiger charge is -2.57. The van der Waals surface area contributed by atoms with Crippen molar-refractivity contribution in [2.45, 2.75) is 104 Å². The van der Waals surface area contributed by atoms with Crippen LogP contribution in [0.15, 0.2) is 11.6 Å². The van der Waals surface area contributed by atoms with Gasteiger partial charge in [-0.2, -0.15) is 0 Å². The van der Waals surface area contributed by atoms with E-state index in [-0.39, 0.29) is 35.0 Å². The van der Waals surface area contributed by atoms with Crippen LogP contribution in [-0.2, 0) is 19.1 Å². The minimum Gasteiger partial charge on any atom is -0.462 e. The highest BCUT2D eigenvalue weighted by Crippen LogP contribution is 2.65. The summed E-state index contributed by atoms with van der Waals surface area (Å²) >= 11 is 0. The maximum atomic E-state index is 12.1. The van der Waals surface area contributed by atoms with Crippen molar-refractivity contribution in [1.29, 1.82) is 0 Å². The van der Waals surface area contributed by atoms with Crippen LogP contribution in [0.5, 0.6) is 0 Å². The molecule has 0 bridgehead atoms. The second-order valence-electron chi connectivity index (χ2n) is 11.9. The van der Waals surface area contributed by atoms with Crippen molar-refractivity contribution < 1.29 is 19.1 Å². The first kappa shape index (κ1) is 22.4. The zero-order valence-corrected chi connectivity index (χ0v) is 20.4. The van der Waals surface area contributed by atoms with Crippen molar-refractivity contribution in [1.82, 2.24) is 4.90 Å². The van der Waals surface area contributed by atoms with Crippen LogP contribution < -0.4 is 0 Å². The van der Waals surface area contributed by atoms with Crippen molar-refractivity contribution in [2.75, 3.05) is 13.1 Å². The van der Waals surface area contributed by atoms with E-state index in [4.69, 9.17) is 9.47 Å². The number of hydrogen-bond acceptors (Lipinski definition) is 5. The van der Waals surface area contributed by atoms with Crippen molar-refractivity contribution in [2.24, 2.45) is 28.6 Å². The molecule has 32 heavy (non-hydrogen) atoms. The fraction of sp³-hybridized carbons (Fsp3) is 0.852. The molecule has 0 amide bonds. The van der Waals surface area contributed by atoms with E-state index in [0.29, 0.717) is 23.8 Å². The topological polar surface area (TPSA) is 55.8 Å². The summed E-state index contributed by atoms with van der Waals surface area (Å²) in [5, 5.41) is 0. The van der Waals surface area contributed by atoms with Gasteiger partial charge in [0.2, 0.25) is 0 Å². The van der Waals surface area contributed by atoms with Crippen LogP contribution in [0.3, 0.4) is 0 Å². The third-order valence-electron chi connectivity index (χ3n) is 10.2. The highest BCUT2D eigenvalue weighted by Gasteiger charge is 2.63. The number of fused-ring (bicyclic) bond motifs is 5. The maximum absolute atomic E-state index is 12.1. The molecule has 0 radical (unpaired) electrons. The van der Waals surface area contributed by atoms with Crippen LogP contribution in [0.25, 0.3) is 0 Å². The van der Waals surface area contributed by atoms with E-state index in [1.54, 1.807) is 6.92 Å². The smallest absolute Gasteiger partial charge is 0.302 e. The van der Waals surface area contributed by atoms with Gasteiger partial charge in [-0.25, -0.2) is 0 Å². The van der Waals surface area contributed by atoms with Crippen LogP contribution in [0.4, 0.5) is 0 Å². The summed E-state index contributed by atoms with van der Waals surface area (Å²) < 4.78 is 11.7. The molecule has 5 nitrogen and oxygen atoms in total. The first-order chi connectivity index (χ1) is 15.2. The fourth-order valence-corrected chi connectivity index (χ4v) is 8.74. The van der Waals surface area contributed by atoms with Crippen molar-refractivity contribution in [3.63, 3.8) is 0 Å². The summed E-state index contributed by atoms with van der Waals surface area (Å²) in [6, 6.07) is 0.382. The SMILES string of the molecule is CC(=O)O[C@H]1CC[C@@]2(C)C(=CC[C@H]3[C@@H]4C[C@H](N5CCCC5)[C@H](OC(C)=O)[C@@]4(C)CC[C@@H]32)C1. The number of ether oxygens (including phenoxy) is 2. The van der Waals surface area contributed by atoms with Gasteiger partial charge in [-0.3, -0.25) is 14.5 Å². The highest BCUT2D eigenvalue weighted by molar-refractivity contribution is 5.66. The van der Waals surface area contributed by atoms with E-state index in [0.717, 1.165) is 45.2 Å². The van der Waals surface area contributed by atoms with Gasteiger partial charge in [0.15, 0.2) is 0 Å². The molecule has 0 unspecified atom stereocenters. The summed E-state index contributed by atoms with van der Waals surface area (Å²) in [5.41, 5.74) is 1.84. The minimum atomic E-state index is -0.156. The lowest BCUT2D eigenvalue weighted by Crippen LogP contribution is -2.52. The zero-order valence-electron chi connectivity index (χ0n) is 20.4. The van der Waals surface area contributed by atoms with Crippen LogP contribution in [0.1, 0.15) is 85.5 Å². The number of nitrogens with zero attached hydrogens (tertiary/aromatic N) is 1. The molecule has 5 heteroatoms. The van der Waals surface area contributed by atoms with E-state index in [9.17, 15) is 9.59 Å². The number of rotatable bonds is 3. The van der Waals surface area contributed by atoms with Crippen LogP contribution in [0, 0.1) is 28.6 Å². The molecule has 8 atom stereocenters. The zero-order chi connectivity index (χ0) is 22.7. The van der Waals surface area contributed by atoms with E-state index >= 15 is 0 Å². The Morgan fingerprint density at radius 1 is 1.00 bits per heavy atom. The molecular weight excluding hydrogens is 402 g/mol. The van der Waals surface area contributed by atoms with Crippen molar-refractivity contribution in [3.05, 3.63) is 11.6 Å². The average Bonchev–Trinajstić information content (AvgIpc) is 3.34. The molecule has 0 aromatic carbocycles. The Morgan fingerprint density at radius 2 is 1.72 bits per heavy atom. The molecule has 5 aliphatic rings. The van der Waals surface area contributed by atoms with E-state index in [2.05, 4.69) is 24.8 Å². The highest BCUT2D eigenvalue weighted by atomic mass is 16.5. The fourth-order valence-electron chi connectivity index (χ4n) is 8.74. The van der Waals surface area contributed by atoms with Crippen LogP contribution in [0.2, 0.25) is 0 Å². The summed E-state index contributed by atoms with van der Waals surface area (Å²) in [4.78, 5) is 26.3. The lowest BCUT2D eigenvalue weighted by atomic mass is 9.48. The Hall–Kier alpha value is -1.36. The second kappa shape index (κ2) is 8.14. The molecule has 1 saturated heterocycles.